The third-order valence-corrected chi connectivity index (χ3v) is 3.59. The van der Waals surface area contributed by atoms with E-state index in [0.717, 1.165) is 11.1 Å². The minimum absolute atomic E-state index is 0.432. The Morgan fingerprint density at radius 1 is 0.615 bits per heavy atom. The summed E-state index contributed by atoms with van der Waals surface area (Å²) in [4.78, 5) is 22.7. The smallest absolute Gasteiger partial charge is 0.232 e. The van der Waals surface area contributed by atoms with E-state index in [1.54, 1.807) is 0 Å². The van der Waals surface area contributed by atoms with Crippen LogP contribution in [0.25, 0.3) is 11.2 Å². The monoisotopic (exact) mass is 368 g/mol. The molecule has 6 nitrogen and oxygen atoms in total. The van der Waals surface area contributed by atoms with Crippen molar-refractivity contribution in [3.8, 4) is 0 Å². The van der Waals surface area contributed by atoms with E-state index in [9.17, 15) is 0 Å². The second kappa shape index (κ2) is 6.68. The van der Waals surface area contributed by atoms with Gasteiger partial charge in [0.1, 0.15) is 11.2 Å². The Labute approximate surface area is 155 Å². The lowest BCUT2D eigenvalue weighted by molar-refractivity contribution is -0.407. The van der Waals surface area contributed by atoms with Crippen molar-refractivity contribution in [1.82, 2.24) is 0 Å². The molecule has 1 aromatic carbocycles. The molecule has 2 rings (SSSR count). The van der Waals surface area contributed by atoms with Crippen molar-refractivity contribution in [2.75, 3.05) is 0 Å². The summed E-state index contributed by atoms with van der Waals surface area (Å²) >= 11 is 0. The Bertz CT molecular complexity index is 737. The molecule has 0 aliphatic carbocycles. The highest BCUT2D eigenvalue weighted by Crippen LogP contribution is 2.42. The Morgan fingerprint density at radius 3 is 1.54 bits per heavy atom. The highest BCUT2D eigenvalue weighted by Gasteiger charge is 2.39. The minimum Gasteiger partial charge on any atom is -0.286 e. The zero-order chi connectivity index (χ0) is 20.0. The van der Waals surface area contributed by atoms with Gasteiger partial charge in [-0.2, -0.15) is 0 Å². The first-order valence-corrected chi connectivity index (χ1v) is 8.89. The van der Waals surface area contributed by atoms with Crippen LogP contribution in [0, 0.1) is 0 Å². The van der Waals surface area contributed by atoms with Gasteiger partial charge in [0.15, 0.2) is 0 Å². The van der Waals surface area contributed by atoms with Crippen LogP contribution in [0.3, 0.4) is 0 Å². The summed E-state index contributed by atoms with van der Waals surface area (Å²) in [6.45, 7) is 19.3. The fourth-order valence-electron chi connectivity index (χ4n) is 2.41. The summed E-state index contributed by atoms with van der Waals surface area (Å²) in [5.74, 6) is 0. The average Bonchev–Trinajstić information content (AvgIpc) is 2.42. The molecule has 0 amide bonds. The molecule has 0 saturated heterocycles. The van der Waals surface area contributed by atoms with E-state index in [1.807, 2.05) is 81.4 Å². The molecule has 0 bridgehead atoms. The second-order valence-electron chi connectivity index (χ2n) is 9.56. The molecule has 1 heterocycles. The van der Waals surface area contributed by atoms with Crippen molar-refractivity contribution < 1.29 is 28.7 Å². The molecule has 0 aliphatic heterocycles. The molecule has 6 heteroatoms. The van der Waals surface area contributed by atoms with Crippen molar-refractivity contribution in [3.05, 3.63) is 23.3 Å². The van der Waals surface area contributed by atoms with Crippen molar-refractivity contribution in [2.45, 2.75) is 91.6 Å². The van der Waals surface area contributed by atoms with E-state index in [1.165, 1.54) is 0 Å². The molecular formula is C20H32O6. The molecule has 0 radical (unpaired) electrons. The maximum absolute atomic E-state index is 5.80. The van der Waals surface area contributed by atoms with E-state index in [2.05, 4.69) is 0 Å². The summed E-state index contributed by atoms with van der Waals surface area (Å²) in [7, 11) is 0. The highest BCUT2D eigenvalue weighted by atomic mass is 17.2. The van der Waals surface area contributed by atoms with E-state index in [4.69, 9.17) is 28.7 Å². The molecule has 0 spiro atoms. The number of rotatable bonds is 6. The van der Waals surface area contributed by atoms with Gasteiger partial charge in [0.25, 0.3) is 0 Å². The normalized spacial score (nSPS) is 14.4. The van der Waals surface area contributed by atoms with Crippen LogP contribution in [-0.2, 0) is 30.8 Å². The van der Waals surface area contributed by atoms with E-state index >= 15 is 0 Å². The van der Waals surface area contributed by atoms with Gasteiger partial charge < -0.3 is 0 Å². The average molecular weight is 368 g/mol. The molecular weight excluding hydrogens is 336 g/mol. The topological polar surface area (TPSA) is 63.2 Å². The van der Waals surface area contributed by atoms with Crippen molar-refractivity contribution in [3.63, 3.8) is 0 Å². The number of hydrogen-bond donors (Lipinski definition) is 0. The first kappa shape index (κ1) is 21.0. The van der Waals surface area contributed by atoms with Gasteiger partial charge in [0.05, 0.1) is 11.2 Å². The zero-order valence-corrected chi connectivity index (χ0v) is 17.6. The molecule has 0 saturated carbocycles. The lowest BCUT2D eigenvalue weighted by Crippen LogP contribution is -2.34. The molecule has 0 fully saturated rings. The fraction of sp³-hybridized carbons (Fsp3) is 0.700. The SMILES string of the molecule is CC(C)(C)OOC(C)(C)c1ccc2ooc2c1C(C)(C)OOC(C)(C)C. The van der Waals surface area contributed by atoms with Gasteiger partial charge in [-0.3, -0.25) is 9.15 Å². The van der Waals surface area contributed by atoms with Crippen LogP contribution in [0.1, 0.15) is 80.4 Å². The molecule has 0 N–H and O–H groups in total. The first-order valence-electron chi connectivity index (χ1n) is 8.89. The Hall–Kier alpha value is -1.34. The molecule has 1 aromatic heterocycles. The number of benzene rings is 1. The molecule has 0 unspecified atom stereocenters. The molecule has 148 valence electrons. The van der Waals surface area contributed by atoms with Gasteiger partial charge in [-0.1, -0.05) is 6.07 Å². The predicted molar refractivity (Wildman–Crippen MR) is 98.4 cm³/mol. The lowest BCUT2D eigenvalue weighted by atomic mass is 9.85. The van der Waals surface area contributed by atoms with Crippen LogP contribution >= 0.6 is 0 Å². The van der Waals surface area contributed by atoms with Crippen LogP contribution in [-0.4, -0.2) is 11.2 Å². The Kier molecular flexibility index (Phi) is 5.38. The summed E-state index contributed by atoms with van der Waals surface area (Å²) in [6.07, 6.45) is 0. The fourth-order valence-corrected chi connectivity index (χ4v) is 2.41. The zero-order valence-electron chi connectivity index (χ0n) is 17.6. The minimum atomic E-state index is -0.805. The van der Waals surface area contributed by atoms with Crippen molar-refractivity contribution >= 4 is 11.2 Å². The van der Waals surface area contributed by atoms with Gasteiger partial charge in [0.2, 0.25) is 11.2 Å². The first-order chi connectivity index (χ1) is 11.6. The van der Waals surface area contributed by atoms with Crippen molar-refractivity contribution in [1.29, 1.82) is 0 Å². The van der Waals surface area contributed by atoms with Gasteiger partial charge in [-0.15, -0.1) is 0 Å². The summed E-state index contributed by atoms with van der Waals surface area (Å²) in [6, 6.07) is 3.78. The predicted octanol–water partition coefficient (Wildman–Crippen LogP) is 5.99. The molecule has 2 aromatic rings. The number of fused-ring (bicyclic) bond motifs is 1. The Morgan fingerprint density at radius 2 is 1.12 bits per heavy atom. The lowest BCUT2D eigenvalue weighted by Gasteiger charge is -2.35. The maximum atomic E-state index is 5.80. The van der Waals surface area contributed by atoms with E-state index in [0.29, 0.717) is 11.2 Å². The molecule has 26 heavy (non-hydrogen) atoms. The van der Waals surface area contributed by atoms with Crippen LogP contribution in [0.4, 0.5) is 0 Å². The Balaban J connectivity index is 2.44. The van der Waals surface area contributed by atoms with Gasteiger partial charge >= 0.3 is 0 Å². The largest absolute Gasteiger partial charge is 0.286 e. The molecule has 0 aliphatic rings. The van der Waals surface area contributed by atoms with E-state index < -0.39 is 22.4 Å². The molecule has 0 atom stereocenters. The van der Waals surface area contributed by atoms with Crippen LogP contribution < -0.4 is 0 Å². The third-order valence-electron chi connectivity index (χ3n) is 3.59. The summed E-state index contributed by atoms with van der Waals surface area (Å²) in [5.41, 5.74) is 0.510. The van der Waals surface area contributed by atoms with Crippen LogP contribution in [0.2, 0.25) is 0 Å². The highest BCUT2D eigenvalue weighted by molar-refractivity contribution is 5.77. The number of hydrogen-bond acceptors (Lipinski definition) is 6. The summed E-state index contributed by atoms with van der Waals surface area (Å²) in [5, 5.41) is 0. The second-order valence-corrected chi connectivity index (χ2v) is 9.56. The van der Waals surface area contributed by atoms with E-state index in [-0.39, 0.29) is 0 Å². The standard InChI is InChI=1S/C20H32O6/c1-17(2,3)23-25-19(7,8)13-11-12-14-16(22-21-14)15(13)20(9,10)26-24-18(4,5)6/h11-12H,1-10H3. The van der Waals surface area contributed by atoms with Crippen LogP contribution in [0.15, 0.2) is 21.3 Å². The summed E-state index contributed by atoms with van der Waals surface area (Å²) < 4.78 is 10.3. The third kappa shape index (κ3) is 4.88. The van der Waals surface area contributed by atoms with Gasteiger partial charge in [0, 0.05) is 5.56 Å². The maximum Gasteiger partial charge on any atom is 0.232 e. The van der Waals surface area contributed by atoms with Crippen molar-refractivity contribution in [2.24, 2.45) is 0 Å². The quantitative estimate of drug-likeness (QED) is 0.461. The van der Waals surface area contributed by atoms with Gasteiger partial charge in [-0.25, -0.2) is 19.6 Å². The van der Waals surface area contributed by atoms with Crippen LogP contribution in [0.5, 0.6) is 0 Å². The van der Waals surface area contributed by atoms with Gasteiger partial charge in [-0.05, 0) is 80.9 Å².